The predicted molar refractivity (Wildman–Crippen MR) is 61.3 cm³/mol. The summed E-state index contributed by atoms with van der Waals surface area (Å²) in [5, 5.41) is 17.3. The Labute approximate surface area is 93.3 Å². The van der Waals surface area contributed by atoms with Crippen molar-refractivity contribution in [3.8, 4) is 5.75 Å². The Balaban J connectivity index is 2.24. The van der Waals surface area contributed by atoms with Gasteiger partial charge < -0.3 is 5.11 Å². The van der Waals surface area contributed by atoms with Crippen LogP contribution in [0.5, 0.6) is 5.75 Å². The number of azo groups is 1. The van der Waals surface area contributed by atoms with E-state index < -0.39 is 0 Å². The summed E-state index contributed by atoms with van der Waals surface area (Å²) in [6, 6.07) is 10.4. The monoisotopic (exact) mass is 213 g/mol. The van der Waals surface area contributed by atoms with Gasteiger partial charge in [0.1, 0.15) is 5.75 Å². The van der Waals surface area contributed by atoms with Gasteiger partial charge >= 0.3 is 0 Å². The number of phenols is 1. The molecule has 1 N–H and O–H groups in total. The van der Waals surface area contributed by atoms with E-state index in [4.69, 9.17) is 0 Å². The Hall–Kier alpha value is -2.23. The van der Waals surface area contributed by atoms with Crippen LogP contribution in [0.15, 0.2) is 52.8 Å². The second kappa shape index (κ2) is 4.53. The van der Waals surface area contributed by atoms with Crippen molar-refractivity contribution in [3.63, 3.8) is 0 Å². The highest BCUT2D eigenvalue weighted by Crippen LogP contribution is 2.24. The highest BCUT2D eigenvalue weighted by Gasteiger charge is 1.97. The van der Waals surface area contributed by atoms with Crippen molar-refractivity contribution < 1.29 is 5.11 Å². The first kappa shape index (κ1) is 10.3. The summed E-state index contributed by atoms with van der Waals surface area (Å²) in [4.78, 5) is 4.03. The first-order valence-corrected chi connectivity index (χ1v) is 4.88. The standard InChI is InChI=1S/C12H11N3O/c1-9-8-10(16)5-6-11(9)14-15-12-4-2-3-7-13-12/h2-8,16H,1H3. The lowest BCUT2D eigenvalue weighted by Gasteiger charge is -1.98. The van der Waals surface area contributed by atoms with Crippen LogP contribution in [0.2, 0.25) is 0 Å². The van der Waals surface area contributed by atoms with E-state index in [2.05, 4.69) is 15.2 Å². The fraction of sp³-hybridized carbons (Fsp3) is 0.0833. The Morgan fingerprint density at radius 2 is 2.00 bits per heavy atom. The topological polar surface area (TPSA) is 57.8 Å². The number of phenolic OH excluding ortho intramolecular Hbond substituents is 1. The Morgan fingerprint density at radius 3 is 2.69 bits per heavy atom. The molecule has 0 radical (unpaired) electrons. The smallest absolute Gasteiger partial charge is 0.174 e. The zero-order valence-corrected chi connectivity index (χ0v) is 8.83. The Bertz CT molecular complexity index is 509. The van der Waals surface area contributed by atoms with Crippen molar-refractivity contribution in [1.29, 1.82) is 0 Å². The van der Waals surface area contributed by atoms with Gasteiger partial charge in [0.2, 0.25) is 0 Å². The molecule has 0 atom stereocenters. The first-order chi connectivity index (χ1) is 7.75. The van der Waals surface area contributed by atoms with Gasteiger partial charge in [0.05, 0.1) is 5.69 Å². The van der Waals surface area contributed by atoms with Crippen LogP contribution >= 0.6 is 0 Å². The summed E-state index contributed by atoms with van der Waals surface area (Å²) in [5.74, 6) is 0.796. The lowest BCUT2D eigenvalue weighted by atomic mass is 10.2. The van der Waals surface area contributed by atoms with Crippen LogP contribution in [0.3, 0.4) is 0 Å². The van der Waals surface area contributed by atoms with Gasteiger partial charge in [0.25, 0.3) is 0 Å². The lowest BCUT2D eigenvalue weighted by molar-refractivity contribution is 0.475. The fourth-order valence-electron chi connectivity index (χ4n) is 1.27. The number of aromatic hydroxyl groups is 1. The summed E-state index contributed by atoms with van der Waals surface area (Å²) in [7, 11) is 0. The molecule has 4 nitrogen and oxygen atoms in total. The molecule has 80 valence electrons. The molecular formula is C12H11N3O. The van der Waals surface area contributed by atoms with Crippen LogP contribution in [0.25, 0.3) is 0 Å². The van der Waals surface area contributed by atoms with Crippen LogP contribution in [-0.2, 0) is 0 Å². The minimum absolute atomic E-state index is 0.231. The van der Waals surface area contributed by atoms with Crippen molar-refractivity contribution in [1.82, 2.24) is 4.98 Å². The van der Waals surface area contributed by atoms with Crippen molar-refractivity contribution in [2.75, 3.05) is 0 Å². The highest BCUT2D eigenvalue weighted by molar-refractivity contribution is 5.48. The normalized spacial score (nSPS) is 10.8. The average Bonchev–Trinajstić information content (AvgIpc) is 2.29. The van der Waals surface area contributed by atoms with E-state index >= 15 is 0 Å². The molecule has 2 aromatic rings. The quantitative estimate of drug-likeness (QED) is 0.776. The third kappa shape index (κ3) is 2.42. The molecule has 16 heavy (non-hydrogen) atoms. The summed E-state index contributed by atoms with van der Waals surface area (Å²) in [5.41, 5.74) is 1.60. The highest BCUT2D eigenvalue weighted by atomic mass is 16.3. The molecule has 0 bridgehead atoms. The summed E-state index contributed by atoms with van der Waals surface area (Å²) >= 11 is 0. The molecule has 0 aliphatic heterocycles. The maximum absolute atomic E-state index is 9.24. The first-order valence-electron chi connectivity index (χ1n) is 4.88. The molecule has 1 heterocycles. The summed E-state index contributed by atoms with van der Waals surface area (Å²) < 4.78 is 0. The van der Waals surface area contributed by atoms with Gasteiger partial charge in [0.15, 0.2) is 5.82 Å². The number of aromatic nitrogens is 1. The van der Waals surface area contributed by atoms with Crippen LogP contribution in [-0.4, -0.2) is 10.1 Å². The molecule has 2 rings (SSSR count). The van der Waals surface area contributed by atoms with Crippen molar-refractivity contribution in [2.45, 2.75) is 6.92 Å². The number of hydrogen-bond donors (Lipinski definition) is 1. The molecule has 1 aromatic carbocycles. The number of hydrogen-bond acceptors (Lipinski definition) is 4. The van der Waals surface area contributed by atoms with Gasteiger partial charge in [-0.25, -0.2) is 4.98 Å². The maximum Gasteiger partial charge on any atom is 0.174 e. The van der Waals surface area contributed by atoms with Crippen LogP contribution in [0.1, 0.15) is 5.56 Å². The van der Waals surface area contributed by atoms with E-state index in [1.54, 1.807) is 30.5 Å². The minimum atomic E-state index is 0.231. The van der Waals surface area contributed by atoms with Crippen molar-refractivity contribution in [3.05, 3.63) is 48.2 Å². The van der Waals surface area contributed by atoms with Crippen LogP contribution in [0, 0.1) is 6.92 Å². The van der Waals surface area contributed by atoms with E-state index in [0.717, 1.165) is 11.3 Å². The molecule has 0 spiro atoms. The van der Waals surface area contributed by atoms with Crippen LogP contribution in [0.4, 0.5) is 11.5 Å². The van der Waals surface area contributed by atoms with E-state index in [0.29, 0.717) is 5.82 Å². The minimum Gasteiger partial charge on any atom is -0.508 e. The number of pyridine rings is 1. The Morgan fingerprint density at radius 1 is 1.12 bits per heavy atom. The van der Waals surface area contributed by atoms with E-state index in [-0.39, 0.29) is 5.75 Å². The van der Waals surface area contributed by atoms with Crippen LogP contribution < -0.4 is 0 Å². The maximum atomic E-state index is 9.24. The van der Waals surface area contributed by atoms with Crippen molar-refractivity contribution >= 4 is 11.5 Å². The third-order valence-corrected chi connectivity index (χ3v) is 2.09. The van der Waals surface area contributed by atoms with Gasteiger partial charge in [-0.1, -0.05) is 6.07 Å². The van der Waals surface area contributed by atoms with Gasteiger partial charge in [-0.3, -0.25) is 0 Å². The summed E-state index contributed by atoms with van der Waals surface area (Å²) in [6.07, 6.45) is 1.66. The molecule has 0 aliphatic rings. The number of nitrogens with zero attached hydrogens (tertiary/aromatic N) is 3. The lowest BCUT2D eigenvalue weighted by Crippen LogP contribution is -1.74. The zero-order valence-electron chi connectivity index (χ0n) is 8.83. The van der Waals surface area contributed by atoms with Crippen molar-refractivity contribution in [2.24, 2.45) is 10.2 Å². The molecule has 0 fully saturated rings. The molecule has 0 saturated carbocycles. The van der Waals surface area contributed by atoms with Gasteiger partial charge in [-0.05, 0) is 42.8 Å². The fourth-order valence-corrected chi connectivity index (χ4v) is 1.27. The molecular weight excluding hydrogens is 202 g/mol. The third-order valence-electron chi connectivity index (χ3n) is 2.09. The largest absolute Gasteiger partial charge is 0.508 e. The van der Waals surface area contributed by atoms with Gasteiger partial charge in [-0.15, -0.1) is 10.2 Å². The second-order valence-corrected chi connectivity index (χ2v) is 3.36. The average molecular weight is 213 g/mol. The molecule has 0 saturated heterocycles. The van der Waals surface area contributed by atoms with E-state index in [1.807, 2.05) is 19.1 Å². The number of benzene rings is 1. The molecule has 1 aromatic heterocycles. The number of aryl methyl sites for hydroxylation is 1. The van der Waals surface area contributed by atoms with E-state index in [1.165, 1.54) is 0 Å². The molecule has 0 aliphatic carbocycles. The van der Waals surface area contributed by atoms with Gasteiger partial charge in [0, 0.05) is 6.20 Å². The zero-order chi connectivity index (χ0) is 11.4. The number of rotatable bonds is 2. The van der Waals surface area contributed by atoms with Gasteiger partial charge in [-0.2, -0.15) is 0 Å². The van der Waals surface area contributed by atoms with E-state index in [9.17, 15) is 5.11 Å². The SMILES string of the molecule is Cc1cc(O)ccc1N=Nc1ccccn1. The molecule has 4 heteroatoms. The predicted octanol–water partition coefficient (Wildman–Crippen LogP) is 3.51. The second-order valence-electron chi connectivity index (χ2n) is 3.36. The Kier molecular flexibility index (Phi) is 2.91. The summed E-state index contributed by atoms with van der Waals surface area (Å²) in [6.45, 7) is 1.87. The molecule has 0 amide bonds. The molecule has 0 unspecified atom stereocenters.